The zero-order chi connectivity index (χ0) is 23.6. The lowest BCUT2D eigenvalue weighted by Gasteiger charge is -2.25. The summed E-state index contributed by atoms with van der Waals surface area (Å²) in [6.07, 6.45) is 1.18. The molecule has 2 aromatic rings. The van der Waals surface area contributed by atoms with Crippen LogP contribution in [0.3, 0.4) is 0 Å². The van der Waals surface area contributed by atoms with Crippen molar-refractivity contribution < 1.29 is 32.0 Å². The number of halogens is 2. The molecule has 0 aliphatic heterocycles. The van der Waals surface area contributed by atoms with Gasteiger partial charge < -0.3 is 9.88 Å². The maximum Gasteiger partial charge on any atom is 0.264 e. The molecule has 0 aliphatic carbocycles. The van der Waals surface area contributed by atoms with Crippen molar-refractivity contribution in [2.24, 2.45) is 0 Å². The van der Waals surface area contributed by atoms with Gasteiger partial charge in [0.25, 0.3) is 17.4 Å². The molecule has 9 nitrogen and oxygen atoms in total. The standard InChI is InChI=1S/C19H21F2N3O6S/c1-19(18(27)23-28,31(3,29)30)6-7-24-10-15(21)13(9-16(24)25)11-4-5-12(14(20)8-11)17(26)22-2/h4-5,8-10,28H,6-7H2,1-3H3,(H,22,26)(H,23,27). The maximum atomic E-state index is 14.7. The highest BCUT2D eigenvalue weighted by molar-refractivity contribution is 7.92. The first-order valence-corrected chi connectivity index (χ1v) is 10.8. The van der Waals surface area contributed by atoms with E-state index in [2.05, 4.69) is 5.32 Å². The van der Waals surface area contributed by atoms with Gasteiger partial charge in [0.2, 0.25) is 0 Å². The molecule has 1 aromatic heterocycles. The minimum atomic E-state index is -3.99. The predicted molar refractivity (Wildman–Crippen MR) is 107 cm³/mol. The molecule has 0 spiro atoms. The molecule has 0 saturated heterocycles. The van der Waals surface area contributed by atoms with Crippen molar-refractivity contribution in [1.29, 1.82) is 0 Å². The third-order valence-corrected chi connectivity index (χ3v) is 7.09. The number of aryl methyl sites for hydroxylation is 1. The van der Waals surface area contributed by atoms with Gasteiger partial charge in [-0.05, 0) is 31.0 Å². The van der Waals surface area contributed by atoms with Gasteiger partial charge in [0, 0.05) is 37.7 Å². The molecule has 2 rings (SSSR count). The summed E-state index contributed by atoms with van der Waals surface area (Å²) in [5.41, 5.74) is 0.107. The first-order valence-electron chi connectivity index (χ1n) is 8.92. The van der Waals surface area contributed by atoms with Gasteiger partial charge in [0.1, 0.15) is 11.6 Å². The Balaban J connectivity index is 2.39. The van der Waals surface area contributed by atoms with E-state index in [-0.39, 0.29) is 23.2 Å². The number of aromatic nitrogens is 1. The molecule has 12 heteroatoms. The molecule has 3 N–H and O–H groups in total. The predicted octanol–water partition coefficient (Wildman–Crippen LogP) is 0.852. The molecule has 0 aliphatic rings. The molecule has 1 unspecified atom stereocenters. The van der Waals surface area contributed by atoms with Gasteiger partial charge >= 0.3 is 0 Å². The molecule has 168 valence electrons. The number of carbonyl (C=O) groups excluding carboxylic acids is 2. The van der Waals surface area contributed by atoms with Gasteiger partial charge in [-0.1, -0.05) is 6.07 Å². The SMILES string of the molecule is CNC(=O)c1ccc(-c2cc(=O)n(CCC(C)(C(=O)NO)S(C)(=O)=O)cc2F)cc1F. The third-order valence-electron chi connectivity index (χ3n) is 5.06. The Morgan fingerprint density at radius 1 is 1.19 bits per heavy atom. The van der Waals surface area contributed by atoms with Gasteiger partial charge in [-0.2, -0.15) is 0 Å². The molecule has 0 saturated carbocycles. The molecule has 1 heterocycles. The summed E-state index contributed by atoms with van der Waals surface area (Å²) < 4.78 is 51.6. The average Bonchev–Trinajstić information content (AvgIpc) is 2.71. The van der Waals surface area contributed by atoms with Crippen molar-refractivity contribution in [3.8, 4) is 11.1 Å². The number of hydrogen-bond acceptors (Lipinski definition) is 6. The van der Waals surface area contributed by atoms with Gasteiger partial charge in [0.05, 0.1) is 5.56 Å². The number of hydrogen-bond donors (Lipinski definition) is 3. The van der Waals surface area contributed by atoms with Crippen LogP contribution in [0.4, 0.5) is 8.78 Å². The Kier molecular flexibility index (Phi) is 6.96. The molecule has 1 aromatic carbocycles. The average molecular weight is 457 g/mol. The number of amides is 2. The molecule has 0 radical (unpaired) electrons. The largest absolute Gasteiger partial charge is 0.355 e. The van der Waals surface area contributed by atoms with E-state index in [4.69, 9.17) is 5.21 Å². The van der Waals surface area contributed by atoms with Crippen LogP contribution < -0.4 is 16.4 Å². The Bertz CT molecular complexity index is 1200. The van der Waals surface area contributed by atoms with E-state index in [0.29, 0.717) is 0 Å². The highest BCUT2D eigenvalue weighted by Crippen LogP contribution is 2.25. The van der Waals surface area contributed by atoms with E-state index < -0.39 is 50.0 Å². The minimum Gasteiger partial charge on any atom is -0.355 e. The van der Waals surface area contributed by atoms with E-state index in [1.54, 1.807) is 0 Å². The number of carbonyl (C=O) groups is 2. The monoisotopic (exact) mass is 457 g/mol. The molecule has 1 atom stereocenters. The molecule has 31 heavy (non-hydrogen) atoms. The van der Waals surface area contributed by atoms with Gasteiger partial charge in [-0.3, -0.25) is 19.6 Å². The summed E-state index contributed by atoms with van der Waals surface area (Å²) in [4.78, 5) is 35.8. The summed E-state index contributed by atoms with van der Waals surface area (Å²) >= 11 is 0. The summed E-state index contributed by atoms with van der Waals surface area (Å²) in [7, 11) is -2.67. The second-order valence-electron chi connectivity index (χ2n) is 7.03. The fraction of sp³-hybridized carbons (Fsp3) is 0.316. The van der Waals surface area contributed by atoms with Crippen LogP contribution in [0, 0.1) is 11.6 Å². The second-order valence-corrected chi connectivity index (χ2v) is 9.48. The van der Waals surface area contributed by atoms with Crippen LogP contribution in [0.15, 0.2) is 35.3 Å². The normalized spacial score (nSPS) is 13.4. The molecular weight excluding hydrogens is 436 g/mol. The van der Waals surface area contributed by atoms with E-state index in [0.717, 1.165) is 42.1 Å². The Labute approximate surface area is 176 Å². The zero-order valence-corrected chi connectivity index (χ0v) is 17.7. The smallest absolute Gasteiger partial charge is 0.264 e. The maximum absolute atomic E-state index is 14.7. The lowest BCUT2D eigenvalue weighted by Crippen LogP contribution is -2.50. The second kappa shape index (κ2) is 8.94. The lowest BCUT2D eigenvalue weighted by atomic mass is 10.0. The van der Waals surface area contributed by atoms with Gasteiger partial charge in [-0.25, -0.2) is 22.7 Å². The zero-order valence-electron chi connectivity index (χ0n) is 16.9. The van der Waals surface area contributed by atoms with Crippen molar-refractivity contribution in [1.82, 2.24) is 15.4 Å². The van der Waals surface area contributed by atoms with Crippen LogP contribution >= 0.6 is 0 Å². The number of sulfone groups is 1. The molecule has 2 amide bonds. The van der Waals surface area contributed by atoms with Crippen LogP contribution in [0.2, 0.25) is 0 Å². The molecular formula is C19H21F2N3O6S. The van der Waals surface area contributed by atoms with Gasteiger partial charge in [0.15, 0.2) is 14.6 Å². The van der Waals surface area contributed by atoms with Crippen LogP contribution in [0.25, 0.3) is 11.1 Å². The van der Waals surface area contributed by atoms with Crippen LogP contribution in [-0.2, 0) is 21.2 Å². The summed E-state index contributed by atoms with van der Waals surface area (Å²) in [6, 6.07) is 4.24. The fourth-order valence-corrected chi connectivity index (χ4v) is 3.71. The number of nitrogens with one attached hydrogen (secondary N) is 2. The Hall–Kier alpha value is -3.12. The fourth-order valence-electron chi connectivity index (χ4n) is 2.86. The van der Waals surface area contributed by atoms with Crippen LogP contribution in [0.5, 0.6) is 0 Å². The lowest BCUT2D eigenvalue weighted by molar-refractivity contribution is -0.131. The Morgan fingerprint density at radius 2 is 1.84 bits per heavy atom. The first-order chi connectivity index (χ1) is 14.4. The minimum absolute atomic E-state index is 0.0209. The topological polar surface area (TPSA) is 135 Å². The van der Waals surface area contributed by atoms with Crippen LogP contribution in [-0.4, -0.2) is 48.1 Å². The van der Waals surface area contributed by atoms with Crippen molar-refractivity contribution in [2.75, 3.05) is 13.3 Å². The van der Waals surface area contributed by atoms with E-state index >= 15 is 0 Å². The van der Waals surface area contributed by atoms with Crippen molar-refractivity contribution in [3.05, 3.63) is 58.0 Å². The first kappa shape index (κ1) is 24.2. The summed E-state index contributed by atoms with van der Waals surface area (Å²) in [6.45, 7) is 0.720. The quantitative estimate of drug-likeness (QED) is 0.417. The number of rotatable bonds is 7. The number of hydroxylamine groups is 1. The van der Waals surface area contributed by atoms with Crippen molar-refractivity contribution >= 4 is 21.7 Å². The van der Waals surface area contributed by atoms with Crippen LogP contribution in [0.1, 0.15) is 23.7 Å². The number of nitrogens with zero attached hydrogens (tertiary/aromatic N) is 1. The van der Waals surface area contributed by atoms with Gasteiger partial charge in [-0.15, -0.1) is 0 Å². The number of benzene rings is 1. The van der Waals surface area contributed by atoms with Crippen molar-refractivity contribution in [3.63, 3.8) is 0 Å². The van der Waals surface area contributed by atoms with E-state index in [9.17, 15) is 31.6 Å². The summed E-state index contributed by atoms with van der Waals surface area (Å²) in [5, 5.41) is 11.1. The third kappa shape index (κ3) is 4.80. The molecule has 0 bridgehead atoms. The summed E-state index contributed by atoms with van der Waals surface area (Å²) in [5.74, 6) is -3.66. The van der Waals surface area contributed by atoms with E-state index in [1.807, 2.05) is 0 Å². The van der Waals surface area contributed by atoms with Crippen molar-refractivity contribution in [2.45, 2.75) is 24.6 Å². The van der Waals surface area contributed by atoms with E-state index in [1.165, 1.54) is 18.6 Å². The molecule has 0 fully saturated rings. The highest BCUT2D eigenvalue weighted by atomic mass is 32.2. The Morgan fingerprint density at radius 3 is 2.35 bits per heavy atom. The number of pyridine rings is 1. The highest BCUT2D eigenvalue weighted by Gasteiger charge is 2.43.